The van der Waals surface area contributed by atoms with Gasteiger partial charge in [-0.3, -0.25) is 9.59 Å². The van der Waals surface area contributed by atoms with E-state index in [-0.39, 0.29) is 17.5 Å². The Balaban J connectivity index is 1.33. The average molecular weight is 477 g/mol. The Hall–Kier alpha value is -2.06. The summed E-state index contributed by atoms with van der Waals surface area (Å²) in [4.78, 5) is 37.8. The summed E-state index contributed by atoms with van der Waals surface area (Å²) in [5.74, 6) is 0.257. The third-order valence-electron chi connectivity index (χ3n) is 6.42. The number of hydrogen-bond acceptors (Lipinski definition) is 4. The zero-order chi connectivity index (χ0) is 22.7. The number of carbonyl (C=O) groups is 3. The number of nitrogens with one attached hydrogen (secondary N) is 3. The first kappa shape index (κ1) is 23.1. The van der Waals surface area contributed by atoms with Crippen molar-refractivity contribution < 1.29 is 19.1 Å². The van der Waals surface area contributed by atoms with Crippen LogP contribution in [0.25, 0.3) is 0 Å². The molecule has 2 saturated carbocycles. The number of carbonyl (C=O) groups excluding carboxylic acids is 3. The van der Waals surface area contributed by atoms with Crippen molar-refractivity contribution in [1.29, 1.82) is 0 Å². The minimum Gasteiger partial charge on any atom is -0.438 e. The van der Waals surface area contributed by atoms with Gasteiger partial charge < -0.3 is 20.7 Å². The molecule has 1 aromatic carbocycles. The number of alkyl carbamates (subject to hydrolysis) is 1. The van der Waals surface area contributed by atoms with Gasteiger partial charge in [0.05, 0.1) is 0 Å². The van der Waals surface area contributed by atoms with E-state index >= 15 is 0 Å². The summed E-state index contributed by atoms with van der Waals surface area (Å²) in [7, 11) is -1.17. The van der Waals surface area contributed by atoms with E-state index in [1.54, 1.807) is 6.07 Å². The second-order valence-electron chi connectivity index (χ2n) is 9.35. The molecule has 3 N–H and O–H groups in total. The molecule has 1 aliphatic heterocycles. The zero-order valence-electron chi connectivity index (χ0n) is 18.4. The van der Waals surface area contributed by atoms with E-state index in [1.165, 1.54) is 0 Å². The van der Waals surface area contributed by atoms with Gasteiger partial charge in [-0.15, -0.1) is 0 Å². The fourth-order valence-electron chi connectivity index (χ4n) is 4.30. The predicted octanol–water partition coefficient (Wildman–Crippen LogP) is 3.92. The van der Waals surface area contributed by atoms with Crippen LogP contribution < -0.4 is 16.0 Å². The highest BCUT2D eigenvalue weighted by Crippen LogP contribution is 2.49. The van der Waals surface area contributed by atoms with Gasteiger partial charge in [-0.05, 0) is 68.3 Å². The number of halogens is 1. The van der Waals surface area contributed by atoms with Crippen LogP contribution in [-0.2, 0) is 15.1 Å². The first-order chi connectivity index (χ1) is 15.3. The van der Waals surface area contributed by atoms with Crippen LogP contribution in [-0.4, -0.2) is 45.0 Å². The minimum absolute atomic E-state index is 0.110. The van der Waals surface area contributed by atoms with Gasteiger partial charge in [0, 0.05) is 17.6 Å². The summed E-state index contributed by atoms with van der Waals surface area (Å²) >= 11 is 6.10. The summed E-state index contributed by atoms with van der Waals surface area (Å²) in [5, 5.41) is 9.37. The van der Waals surface area contributed by atoms with Crippen LogP contribution in [0.1, 0.15) is 51.0 Å². The quantitative estimate of drug-likeness (QED) is 0.470. The van der Waals surface area contributed by atoms with E-state index in [4.69, 9.17) is 16.3 Å². The highest BCUT2D eigenvalue weighted by Gasteiger charge is 2.49. The van der Waals surface area contributed by atoms with Crippen molar-refractivity contribution in [1.82, 2.24) is 16.0 Å². The van der Waals surface area contributed by atoms with Gasteiger partial charge in [0.2, 0.25) is 5.91 Å². The highest BCUT2D eigenvalue weighted by atomic mass is 35.5. The van der Waals surface area contributed by atoms with Crippen LogP contribution in [0.2, 0.25) is 17.1 Å². The number of rotatable bonds is 9. The summed E-state index contributed by atoms with van der Waals surface area (Å²) in [6.07, 6.45) is 4.68. The third kappa shape index (κ3) is 6.04. The van der Waals surface area contributed by atoms with Gasteiger partial charge in [0.1, 0.15) is 11.6 Å². The van der Waals surface area contributed by atoms with E-state index in [0.29, 0.717) is 23.4 Å². The third-order valence-corrected chi connectivity index (χ3v) is 9.54. The summed E-state index contributed by atoms with van der Waals surface area (Å²) in [6, 6.07) is 8.26. The van der Waals surface area contributed by atoms with Crippen LogP contribution in [0.15, 0.2) is 24.3 Å². The summed E-state index contributed by atoms with van der Waals surface area (Å²) < 4.78 is 5.78. The maximum absolute atomic E-state index is 13.0. The van der Waals surface area contributed by atoms with Gasteiger partial charge in [0.25, 0.3) is 0 Å². The monoisotopic (exact) mass is 476 g/mol. The van der Waals surface area contributed by atoms with Crippen molar-refractivity contribution >= 4 is 37.9 Å². The fourth-order valence-corrected chi connectivity index (χ4v) is 6.93. The molecular weight excluding hydrogens is 446 g/mol. The first-order valence-corrected chi connectivity index (χ1v) is 13.8. The van der Waals surface area contributed by atoms with E-state index in [1.807, 2.05) is 25.1 Å². The molecule has 1 saturated heterocycles. The normalized spacial score (nSPS) is 21.8. The van der Waals surface area contributed by atoms with Gasteiger partial charge in [0.15, 0.2) is 14.3 Å². The van der Waals surface area contributed by atoms with Crippen molar-refractivity contribution in [3.63, 3.8) is 0 Å². The Bertz CT molecular complexity index is 875. The molecule has 9 heteroatoms. The lowest BCUT2D eigenvalue weighted by Gasteiger charge is -2.26. The Kier molecular flexibility index (Phi) is 7.10. The first-order valence-electron chi connectivity index (χ1n) is 11.5. The van der Waals surface area contributed by atoms with Crippen LogP contribution in [0, 0.1) is 5.92 Å². The average Bonchev–Trinajstić information content (AvgIpc) is 3.66. The molecule has 7 nitrogen and oxygen atoms in total. The van der Waals surface area contributed by atoms with Crippen molar-refractivity contribution in [2.24, 2.45) is 5.92 Å². The molecule has 1 radical (unpaired) electrons. The van der Waals surface area contributed by atoms with E-state index in [2.05, 4.69) is 16.0 Å². The van der Waals surface area contributed by atoms with Gasteiger partial charge in [-0.2, -0.15) is 0 Å². The molecule has 1 aromatic rings. The topological polar surface area (TPSA) is 96.5 Å². The molecular formula is C23H31ClN3O4Si. The Labute approximate surface area is 195 Å². The number of ether oxygens (including phenoxy) is 1. The number of amides is 3. The number of hydrogen-bond donors (Lipinski definition) is 3. The van der Waals surface area contributed by atoms with Crippen molar-refractivity contribution in [2.75, 3.05) is 6.54 Å². The maximum Gasteiger partial charge on any atom is 0.408 e. The van der Waals surface area contributed by atoms with E-state index in [0.717, 1.165) is 50.3 Å². The molecule has 0 bridgehead atoms. The van der Waals surface area contributed by atoms with Crippen molar-refractivity contribution in [2.45, 2.75) is 75.2 Å². The Morgan fingerprint density at radius 3 is 2.75 bits per heavy atom. The second-order valence-corrected chi connectivity index (χ2v) is 12.4. The second kappa shape index (κ2) is 9.83. The van der Waals surface area contributed by atoms with Gasteiger partial charge in [-0.25, -0.2) is 4.79 Å². The Morgan fingerprint density at radius 1 is 1.31 bits per heavy atom. The molecule has 2 aliphatic carbocycles. The molecule has 0 aromatic heterocycles. The number of benzene rings is 1. The van der Waals surface area contributed by atoms with Crippen molar-refractivity contribution in [3.8, 4) is 0 Å². The summed E-state index contributed by atoms with van der Waals surface area (Å²) in [6.45, 7) is 2.68. The molecule has 2 atom stereocenters. The standard InChI is InChI=1S/C23H31ClN3O4Si/c1-15(14-32-11-3-10-25-22(32)30)26-20(28)19(12-16-6-7-16)27-21(29)31-23(8-9-23)17-4-2-5-18(24)13-17/h2,4-5,13,15-16,19H,3,6-12,14H2,1H3,(H,25,30)(H,26,28)(H,27,29)/t15-,19+/m1/s1. The molecule has 0 spiro atoms. The largest absolute Gasteiger partial charge is 0.438 e. The lowest BCUT2D eigenvalue weighted by Crippen LogP contribution is -2.51. The lowest BCUT2D eigenvalue weighted by molar-refractivity contribution is -0.123. The molecule has 4 rings (SSSR count). The van der Waals surface area contributed by atoms with Crippen molar-refractivity contribution in [3.05, 3.63) is 34.9 Å². The Morgan fingerprint density at radius 2 is 2.09 bits per heavy atom. The van der Waals surface area contributed by atoms with Crippen LogP contribution >= 0.6 is 11.6 Å². The lowest BCUT2D eigenvalue weighted by atomic mass is 10.1. The molecule has 3 fully saturated rings. The van der Waals surface area contributed by atoms with E-state index < -0.39 is 26.5 Å². The minimum atomic E-state index is -1.17. The summed E-state index contributed by atoms with van der Waals surface area (Å²) in [5.41, 5.74) is 0.391. The molecule has 3 aliphatic rings. The van der Waals surface area contributed by atoms with Gasteiger partial charge >= 0.3 is 6.09 Å². The maximum atomic E-state index is 13.0. The molecule has 173 valence electrons. The zero-order valence-corrected chi connectivity index (χ0v) is 20.2. The molecule has 32 heavy (non-hydrogen) atoms. The molecule has 0 unspecified atom stereocenters. The van der Waals surface area contributed by atoms with Crippen LogP contribution in [0.5, 0.6) is 0 Å². The highest BCUT2D eigenvalue weighted by molar-refractivity contribution is 6.90. The van der Waals surface area contributed by atoms with Crippen LogP contribution in [0.3, 0.4) is 0 Å². The molecule has 1 heterocycles. The smallest absolute Gasteiger partial charge is 0.408 e. The fraction of sp³-hybridized carbons (Fsp3) is 0.609. The predicted molar refractivity (Wildman–Crippen MR) is 124 cm³/mol. The SMILES string of the molecule is C[C@H](C[Si]1CCCNC1=O)NC(=O)[C@H](CC1CC1)NC(=O)OC1(c2cccc(Cl)c2)CC1. The molecule has 3 amide bonds. The van der Waals surface area contributed by atoms with E-state index in [9.17, 15) is 14.4 Å². The van der Waals surface area contributed by atoms with Crippen LogP contribution in [0.4, 0.5) is 9.59 Å². The van der Waals surface area contributed by atoms with Gasteiger partial charge in [-0.1, -0.05) is 36.6 Å².